The first kappa shape index (κ1) is 11.1. The molecule has 3 heteroatoms. The molecular weight excluding hydrogens is 268 g/mol. The molecule has 0 saturated heterocycles. The van der Waals surface area contributed by atoms with E-state index in [9.17, 15) is 4.79 Å². The van der Waals surface area contributed by atoms with Crippen LogP contribution < -0.4 is 0 Å². The van der Waals surface area contributed by atoms with E-state index >= 15 is 0 Å². The van der Waals surface area contributed by atoms with Gasteiger partial charge < -0.3 is 4.42 Å². The molecule has 0 aliphatic rings. The fourth-order valence-corrected chi connectivity index (χ4v) is 1.81. The molecule has 0 radical (unpaired) electrons. The van der Waals surface area contributed by atoms with Gasteiger partial charge in [-0.2, -0.15) is 0 Å². The van der Waals surface area contributed by atoms with Crippen molar-refractivity contribution in [2.24, 2.45) is 0 Å². The van der Waals surface area contributed by atoms with Gasteiger partial charge in [0.25, 0.3) is 0 Å². The zero-order chi connectivity index (χ0) is 11.7. The second-order valence-electron chi connectivity index (χ2n) is 3.70. The molecule has 82 valence electrons. The highest BCUT2D eigenvalue weighted by Crippen LogP contribution is 2.20. The molecule has 0 fully saturated rings. The molecular formula is C13H11BrO2. The van der Waals surface area contributed by atoms with E-state index in [1.54, 1.807) is 18.2 Å². The molecule has 1 aromatic heterocycles. The Bertz CT molecular complexity index is 541. The molecule has 0 atom stereocenters. The molecule has 1 aromatic carbocycles. The van der Waals surface area contributed by atoms with Crippen molar-refractivity contribution in [1.29, 1.82) is 0 Å². The zero-order valence-corrected chi connectivity index (χ0v) is 10.7. The SMILES string of the molecule is Cc1ccc(C(=O)c2ccc(C)c(Br)c2)o1. The van der Waals surface area contributed by atoms with Crippen molar-refractivity contribution in [3.05, 3.63) is 57.5 Å². The Morgan fingerprint density at radius 1 is 1.19 bits per heavy atom. The molecule has 0 aliphatic carbocycles. The van der Waals surface area contributed by atoms with E-state index in [4.69, 9.17) is 4.42 Å². The van der Waals surface area contributed by atoms with Crippen LogP contribution in [-0.2, 0) is 0 Å². The molecule has 0 unspecified atom stereocenters. The number of furan rings is 1. The van der Waals surface area contributed by atoms with Gasteiger partial charge in [-0.25, -0.2) is 0 Å². The van der Waals surface area contributed by atoms with E-state index in [1.165, 1.54) is 0 Å². The summed E-state index contributed by atoms with van der Waals surface area (Å²) in [6.07, 6.45) is 0. The minimum Gasteiger partial charge on any atom is -0.458 e. The van der Waals surface area contributed by atoms with E-state index in [2.05, 4.69) is 15.9 Å². The summed E-state index contributed by atoms with van der Waals surface area (Å²) in [4.78, 5) is 12.0. The third-order valence-corrected chi connectivity index (χ3v) is 3.25. The van der Waals surface area contributed by atoms with E-state index in [0.29, 0.717) is 11.3 Å². The smallest absolute Gasteiger partial charge is 0.228 e. The maximum absolute atomic E-state index is 12.0. The third-order valence-electron chi connectivity index (χ3n) is 2.40. The van der Waals surface area contributed by atoms with Crippen LogP contribution in [0.3, 0.4) is 0 Å². The Hall–Kier alpha value is -1.35. The fourth-order valence-electron chi connectivity index (χ4n) is 1.43. The molecule has 16 heavy (non-hydrogen) atoms. The molecule has 0 amide bonds. The molecule has 1 heterocycles. The summed E-state index contributed by atoms with van der Waals surface area (Å²) < 4.78 is 6.24. The third kappa shape index (κ3) is 2.09. The largest absolute Gasteiger partial charge is 0.458 e. The van der Waals surface area contributed by atoms with Crippen LogP contribution in [0.15, 0.2) is 39.2 Å². The van der Waals surface area contributed by atoms with Crippen LogP contribution in [-0.4, -0.2) is 5.78 Å². The summed E-state index contributed by atoms with van der Waals surface area (Å²) in [6, 6.07) is 9.02. The number of benzene rings is 1. The van der Waals surface area contributed by atoms with Crippen molar-refractivity contribution < 1.29 is 9.21 Å². The molecule has 2 nitrogen and oxygen atoms in total. The van der Waals surface area contributed by atoms with Crippen molar-refractivity contribution in [1.82, 2.24) is 0 Å². The molecule has 2 rings (SSSR count). The van der Waals surface area contributed by atoms with Crippen LogP contribution in [0.4, 0.5) is 0 Å². The minimum absolute atomic E-state index is 0.0891. The van der Waals surface area contributed by atoms with Gasteiger partial charge in [-0.15, -0.1) is 0 Å². The van der Waals surface area contributed by atoms with Gasteiger partial charge in [0.2, 0.25) is 5.78 Å². The lowest BCUT2D eigenvalue weighted by molar-refractivity contribution is 0.101. The number of aryl methyl sites for hydroxylation is 2. The normalized spacial score (nSPS) is 10.4. The first-order chi connectivity index (χ1) is 7.58. The number of ketones is 1. The van der Waals surface area contributed by atoms with Gasteiger partial charge in [0.1, 0.15) is 5.76 Å². The van der Waals surface area contributed by atoms with Crippen molar-refractivity contribution in [2.45, 2.75) is 13.8 Å². The monoisotopic (exact) mass is 278 g/mol. The molecule has 0 spiro atoms. The van der Waals surface area contributed by atoms with E-state index in [-0.39, 0.29) is 5.78 Å². The summed E-state index contributed by atoms with van der Waals surface area (Å²) in [5.74, 6) is 1.04. The molecule has 0 saturated carbocycles. The number of halogens is 1. The summed E-state index contributed by atoms with van der Waals surface area (Å²) in [5, 5.41) is 0. The van der Waals surface area contributed by atoms with E-state index in [1.807, 2.05) is 26.0 Å². The number of hydrogen-bond donors (Lipinski definition) is 0. The van der Waals surface area contributed by atoms with Crippen LogP contribution in [0.25, 0.3) is 0 Å². The Morgan fingerprint density at radius 3 is 2.50 bits per heavy atom. The predicted octanol–water partition coefficient (Wildman–Crippen LogP) is 3.89. The quantitative estimate of drug-likeness (QED) is 0.781. The molecule has 0 N–H and O–H groups in total. The zero-order valence-electron chi connectivity index (χ0n) is 9.08. The lowest BCUT2D eigenvalue weighted by atomic mass is 10.1. The maximum Gasteiger partial charge on any atom is 0.228 e. The first-order valence-electron chi connectivity index (χ1n) is 4.95. The molecule has 0 aliphatic heterocycles. The first-order valence-corrected chi connectivity index (χ1v) is 5.74. The second kappa shape index (κ2) is 4.26. The Kier molecular flexibility index (Phi) is 2.97. The highest BCUT2D eigenvalue weighted by Gasteiger charge is 2.13. The van der Waals surface area contributed by atoms with Crippen LogP contribution >= 0.6 is 15.9 Å². The average molecular weight is 279 g/mol. The number of hydrogen-bond acceptors (Lipinski definition) is 2. The Labute approximate surface area is 102 Å². The minimum atomic E-state index is -0.0891. The summed E-state index contributed by atoms with van der Waals surface area (Å²) in [5.41, 5.74) is 1.74. The average Bonchev–Trinajstić information content (AvgIpc) is 2.68. The van der Waals surface area contributed by atoms with Crippen LogP contribution in [0.2, 0.25) is 0 Å². The van der Waals surface area contributed by atoms with Gasteiger partial charge in [-0.1, -0.05) is 28.1 Å². The maximum atomic E-state index is 12.0. The standard InChI is InChI=1S/C13H11BrO2/c1-8-3-5-10(7-11(8)14)13(15)12-6-4-9(2)16-12/h3-7H,1-2H3. The lowest BCUT2D eigenvalue weighted by Crippen LogP contribution is -1.99. The fraction of sp³-hybridized carbons (Fsp3) is 0.154. The van der Waals surface area contributed by atoms with Crippen LogP contribution in [0, 0.1) is 13.8 Å². The van der Waals surface area contributed by atoms with Crippen molar-refractivity contribution in [2.75, 3.05) is 0 Å². The van der Waals surface area contributed by atoms with Gasteiger partial charge in [-0.05, 0) is 37.6 Å². The van der Waals surface area contributed by atoms with Gasteiger partial charge >= 0.3 is 0 Å². The van der Waals surface area contributed by atoms with Crippen LogP contribution in [0.1, 0.15) is 27.4 Å². The predicted molar refractivity (Wildman–Crippen MR) is 65.8 cm³/mol. The van der Waals surface area contributed by atoms with Gasteiger partial charge in [-0.3, -0.25) is 4.79 Å². The van der Waals surface area contributed by atoms with Crippen molar-refractivity contribution in [3.63, 3.8) is 0 Å². The van der Waals surface area contributed by atoms with Crippen molar-refractivity contribution >= 4 is 21.7 Å². The summed E-state index contributed by atoms with van der Waals surface area (Å²) in [6.45, 7) is 3.80. The Balaban J connectivity index is 2.38. The number of carbonyl (C=O) groups is 1. The number of carbonyl (C=O) groups excluding carboxylic acids is 1. The summed E-state index contributed by atoms with van der Waals surface area (Å²) in [7, 11) is 0. The molecule has 2 aromatic rings. The molecule has 0 bridgehead atoms. The van der Waals surface area contributed by atoms with Gasteiger partial charge in [0.15, 0.2) is 5.76 Å². The lowest BCUT2D eigenvalue weighted by Gasteiger charge is -2.01. The van der Waals surface area contributed by atoms with Crippen molar-refractivity contribution in [3.8, 4) is 0 Å². The highest BCUT2D eigenvalue weighted by molar-refractivity contribution is 9.10. The van der Waals surface area contributed by atoms with Gasteiger partial charge in [0, 0.05) is 10.0 Å². The Morgan fingerprint density at radius 2 is 1.94 bits per heavy atom. The van der Waals surface area contributed by atoms with E-state index in [0.717, 1.165) is 15.8 Å². The van der Waals surface area contributed by atoms with Gasteiger partial charge in [0.05, 0.1) is 0 Å². The topological polar surface area (TPSA) is 30.2 Å². The highest BCUT2D eigenvalue weighted by atomic mass is 79.9. The second-order valence-corrected chi connectivity index (χ2v) is 4.56. The summed E-state index contributed by atoms with van der Waals surface area (Å²) >= 11 is 3.41. The van der Waals surface area contributed by atoms with E-state index < -0.39 is 0 Å². The number of rotatable bonds is 2. The van der Waals surface area contributed by atoms with Crippen LogP contribution in [0.5, 0.6) is 0 Å².